The van der Waals surface area contributed by atoms with Gasteiger partial charge in [-0.25, -0.2) is 17.9 Å². The highest BCUT2D eigenvalue weighted by atomic mass is 32.2. The third-order valence-electron chi connectivity index (χ3n) is 3.98. The molecule has 2 rings (SSSR count). The molecule has 11 nitrogen and oxygen atoms in total. The Kier molecular flexibility index (Phi) is 7.93. The summed E-state index contributed by atoms with van der Waals surface area (Å²) in [5, 5.41) is 13.1. The van der Waals surface area contributed by atoms with Gasteiger partial charge in [0, 0.05) is 25.9 Å². The Balaban J connectivity index is 2.05. The van der Waals surface area contributed by atoms with Crippen LogP contribution >= 0.6 is 0 Å². The number of methoxy groups -OCH3 is 2. The van der Waals surface area contributed by atoms with Gasteiger partial charge in [0.05, 0.1) is 24.7 Å². The fourth-order valence-corrected chi connectivity index (χ4v) is 3.78. The molecule has 0 radical (unpaired) electrons. The number of amides is 2. The highest BCUT2D eigenvalue weighted by Crippen LogP contribution is 2.20. The van der Waals surface area contributed by atoms with Gasteiger partial charge in [0.25, 0.3) is 0 Å². The summed E-state index contributed by atoms with van der Waals surface area (Å²) in [4.78, 5) is 11.8. The Morgan fingerprint density at radius 1 is 1.21 bits per heavy atom. The molecule has 0 aliphatic rings. The predicted molar refractivity (Wildman–Crippen MR) is 106 cm³/mol. The second kappa shape index (κ2) is 10.2. The molecular formula is C17H26N6O5S. The first-order valence-electron chi connectivity index (χ1n) is 8.95. The minimum atomic E-state index is -3.81. The van der Waals surface area contributed by atoms with Gasteiger partial charge < -0.3 is 20.1 Å². The van der Waals surface area contributed by atoms with E-state index < -0.39 is 22.1 Å². The summed E-state index contributed by atoms with van der Waals surface area (Å²) in [7, 11) is -0.797. The quantitative estimate of drug-likeness (QED) is 0.484. The highest BCUT2D eigenvalue weighted by molar-refractivity contribution is 7.89. The van der Waals surface area contributed by atoms with Gasteiger partial charge in [0.15, 0.2) is 5.82 Å². The molecule has 0 aliphatic heterocycles. The SMILES string of the molecule is CCn1c(OC)nnc1[C@@H](C)NS(=O)(=O)c1ccc(NC(=O)NCCOC)cc1. The molecule has 0 saturated carbocycles. The molecule has 160 valence electrons. The Labute approximate surface area is 169 Å². The molecule has 0 fully saturated rings. The van der Waals surface area contributed by atoms with E-state index in [0.717, 1.165) is 0 Å². The number of anilines is 1. The molecule has 12 heteroatoms. The van der Waals surface area contributed by atoms with Crippen LogP contribution in [0.15, 0.2) is 29.2 Å². The number of ether oxygens (including phenoxy) is 2. The van der Waals surface area contributed by atoms with Crippen LogP contribution in [0.2, 0.25) is 0 Å². The minimum absolute atomic E-state index is 0.0595. The number of hydrogen-bond acceptors (Lipinski definition) is 7. The molecule has 0 aliphatic carbocycles. The van der Waals surface area contributed by atoms with Crippen LogP contribution in [0.1, 0.15) is 25.7 Å². The van der Waals surface area contributed by atoms with Gasteiger partial charge in [-0.2, -0.15) is 0 Å². The Morgan fingerprint density at radius 3 is 2.48 bits per heavy atom. The van der Waals surface area contributed by atoms with E-state index >= 15 is 0 Å². The standard InChI is InChI=1S/C17H26N6O5S/c1-5-23-15(20-21-17(23)28-4)12(2)22-29(25,26)14-8-6-13(7-9-14)19-16(24)18-10-11-27-3/h6-9,12,22H,5,10-11H2,1-4H3,(H2,18,19,24)/t12-/m1/s1. The number of carbonyl (C=O) groups excluding carboxylic acids is 1. The van der Waals surface area contributed by atoms with Crippen molar-refractivity contribution in [1.82, 2.24) is 24.8 Å². The lowest BCUT2D eigenvalue weighted by molar-refractivity contribution is 0.198. The monoisotopic (exact) mass is 426 g/mol. The lowest BCUT2D eigenvalue weighted by Gasteiger charge is -2.15. The highest BCUT2D eigenvalue weighted by Gasteiger charge is 2.23. The fraction of sp³-hybridized carbons (Fsp3) is 0.471. The van der Waals surface area contributed by atoms with Crippen molar-refractivity contribution < 1.29 is 22.7 Å². The summed E-state index contributed by atoms with van der Waals surface area (Å²) in [6, 6.07) is 5.11. The van der Waals surface area contributed by atoms with Crippen LogP contribution in [0.3, 0.4) is 0 Å². The topological polar surface area (TPSA) is 136 Å². The van der Waals surface area contributed by atoms with E-state index in [9.17, 15) is 13.2 Å². The van der Waals surface area contributed by atoms with Crippen LogP contribution in [0.4, 0.5) is 10.5 Å². The molecule has 3 N–H and O–H groups in total. The summed E-state index contributed by atoms with van der Waals surface area (Å²) in [5.41, 5.74) is 0.461. The van der Waals surface area contributed by atoms with E-state index in [2.05, 4.69) is 25.6 Å². The largest absolute Gasteiger partial charge is 0.467 e. The molecule has 0 unspecified atom stereocenters. The lowest BCUT2D eigenvalue weighted by Crippen LogP contribution is -2.31. The zero-order valence-electron chi connectivity index (χ0n) is 16.8. The molecule has 1 heterocycles. The van der Waals surface area contributed by atoms with Crippen molar-refractivity contribution >= 4 is 21.7 Å². The average molecular weight is 426 g/mol. The number of rotatable bonds is 10. The van der Waals surface area contributed by atoms with Crippen molar-refractivity contribution in [1.29, 1.82) is 0 Å². The molecule has 1 aromatic carbocycles. The van der Waals surface area contributed by atoms with E-state index in [1.165, 1.54) is 38.5 Å². The average Bonchev–Trinajstić information content (AvgIpc) is 3.11. The number of benzene rings is 1. The van der Waals surface area contributed by atoms with Gasteiger partial charge in [0.2, 0.25) is 10.0 Å². The molecule has 29 heavy (non-hydrogen) atoms. The Hall–Kier alpha value is -2.70. The van der Waals surface area contributed by atoms with E-state index in [1.807, 2.05) is 6.92 Å². The van der Waals surface area contributed by atoms with Gasteiger partial charge in [-0.15, -0.1) is 5.10 Å². The third kappa shape index (κ3) is 5.89. The number of aromatic nitrogens is 3. The van der Waals surface area contributed by atoms with E-state index in [1.54, 1.807) is 11.5 Å². The molecule has 0 spiro atoms. The van der Waals surface area contributed by atoms with Crippen LogP contribution in [-0.4, -0.2) is 56.6 Å². The molecule has 1 atom stereocenters. The Morgan fingerprint density at radius 2 is 1.90 bits per heavy atom. The summed E-state index contributed by atoms with van der Waals surface area (Å²) < 4.78 is 39.6. The van der Waals surface area contributed by atoms with E-state index in [4.69, 9.17) is 9.47 Å². The first kappa shape index (κ1) is 22.6. The maximum absolute atomic E-state index is 12.7. The number of carbonyl (C=O) groups is 1. The maximum atomic E-state index is 12.7. The fourth-order valence-electron chi connectivity index (χ4n) is 2.58. The van der Waals surface area contributed by atoms with E-state index in [0.29, 0.717) is 37.2 Å². The van der Waals surface area contributed by atoms with Crippen LogP contribution in [0, 0.1) is 0 Å². The number of nitrogens with zero attached hydrogens (tertiary/aromatic N) is 3. The zero-order valence-corrected chi connectivity index (χ0v) is 17.6. The van der Waals surface area contributed by atoms with Gasteiger partial charge >= 0.3 is 12.0 Å². The van der Waals surface area contributed by atoms with Crippen LogP contribution in [0.5, 0.6) is 6.01 Å². The van der Waals surface area contributed by atoms with Crippen molar-refractivity contribution in [2.24, 2.45) is 0 Å². The molecule has 0 bridgehead atoms. The molecular weight excluding hydrogens is 400 g/mol. The number of urea groups is 1. The number of sulfonamides is 1. The number of hydrogen-bond donors (Lipinski definition) is 3. The molecule has 0 saturated heterocycles. The first-order valence-corrected chi connectivity index (χ1v) is 10.4. The van der Waals surface area contributed by atoms with Gasteiger partial charge in [-0.3, -0.25) is 4.57 Å². The molecule has 1 aromatic heterocycles. The second-order valence-corrected chi connectivity index (χ2v) is 7.74. The second-order valence-electron chi connectivity index (χ2n) is 6.03. The summed E-state index contributed by atoms with van der Waals surface area (Å²) in [6.45, 7) is 4.85. The van der Waals surface area contributed by atoms with Crippen molar-refractivity contribution in [2.45, 2.75) is 31.3 Å². The Bertz CT molecular complexity index is 913. The van der Waals surface area contributed by atoms with Crippen LogP contribution in [-0.2, 0) is 21.3 Å². The maximum Gasteiger partial charge on any atom is 0.319 e. The van der Waals surface area contributed by atoms with Crippen LogP contribution < -0.4 is 20.1 Å². The third-order valence-corrected chi connectivity index (χ3v) is 5.53. The first-order chi connectivity index (χ1) is 13.8. The zero-order chi connectivity index (χ0) is 21.4. The summed E-state index contributed by atoms with van der Waals surface area (Å²) in [5.74, 6) is 0.443. The van der Waals surface area contributed by atoms with Gasteiger partial charge in [-0.05, 0) is 38.1 Å². The lowest BCUT2D eigenvalue weighted by atomic mass is 10.3. The predicted octanol–water partition coefficient (Wildman–Crippen LogP) is 1.11. The molecule has 2 aromatic rings. The molecule has 2 amide bonds. The van der Waals surface area contributed by atoms with Crippen LogP contribution in [0.25, 0.3) is 0 Å². The summed E-state index contributed by atoms with van der Waals surface area (Å²) in [6.07, 6.45) is 0. The summed E-state index contributed by atoms with van der Waals surface area (Å²) >= 11 is 0. The minimum Gasteiger partial charge on any atom is -0.467 e. The smallest absolute Gasteiger partial charge is 0.319 e. The van der Waals surface area contributed by atoms with Crippen molar-refractivity contribution in [3.05, 3.63) is 30.1 Å². The van der Waals surface area contributed by atoms with Gasteiger partial charge in [0.1, 0.15) is 0 Å². The van der Waals surface area contributed by atoms with E-state index in [-0.39, 0.29) is 4.90 Å². The normalized spacial score (nSPS) is 12.4. The number of nitrogens with one attached hydrogen (secondary N) is 3. The van der Waals surface area contributed by atoms with Crippen molar-refractivity contribution in [3.8, 4) is 6.01 Å². The van der Waals surface area contributed by atoms with Crippen molar-refractivity contribution in [3.63, 3.8) is 0 Å². The van der Waals surface area contributed by atoms with Gasteiger partial charge in [-0.1, -0.05) is 5.10 Å². The van der Waals surface area contributed by atoms with Crippen molar-refractivity contribution in [2.75, 3.05) is 32.7 Å².